The van der Waals surface area contributed by atoms with Crippen molar-refractivity contribution in [2.24, 2.45) is 11.7 Å². The highest BCUT2D eigenvalue weighted by Gasteiger charge is 2.48. The highest BCUT2D eigenvalue weighted by molar-refractivity contribution is 6.01. The fraction of sp³-hybridized carbons (Fsp3) is 0.579. The van der Waals surface area contributed by atoms with Crippen LogP contribution in [0.4, 0.5) is 0 Å². The number of primary amides is 1. The van der Waals surface area contributed by atoms with Gasteiger partial charge in [-0.25, -0.2) is 0 Å². The fourth-order valence-corrected chi connectivity index (χ4v) is 8.55. The Balaban J connectivity index is 1.30. The average molecular weight is 688 g/mol. The minimum atomic E-state index is -1.20. The molecule has 0 aromatic heterocycles. The Kier molecular flexibility index (Phi) is 10.7. The minimum Gasteiger partial charge on any atom is -0.384 e. The number of carbonyl (C=O) groups is 4. The number of nitrogens with one attached hydrogen (secondary N) is 4. The summed E-state index contributed by atoms with van der Waals surface area (Å²) >= 11 is 0. The van der Waals surface area contributed by atoms with Gasteiger partial charge in [0.2, 0.25) is 17.7 Å². The van der Waals surface area contributed by atoms with E-state index in [2.05, 4.69) is 21.6 Å². The molecule has 270 valence electrons. The summed E-state index contributed by atoms with van der Waals surface area (Å²) in [4.78, 5) is 56.9. The number of carbonyl (C=O) groups excluding carboxylic acids is 4. The van der Waals surface area contributed by atoms with E-state index in [1.54, 1.807) is 36.0 Å². The van der Waals surface area contributed by atoms with E-state index in [0.29, 0.717) is 30.5 Å². The lowest BCUT2D eigenvalue weighted by molar-refractivity contribution is -0.141. The lowest BCUT2D eigenvalue weighted by atomic mass is 9.78. The molecule has 0 radical (unpaired) electrons. The van der Waals surface area contributed by atoms with Crippen LogP contribution in [0.5, 0.6) is 0 Å². The Hall–Kier alpha value is -4.16. The number of likely N-dealkylation sites (tertiary alicyclic amines) is 1. The predicted molar refractivity (Wildman–Crippen MR) is 191 cm³/mol. The monoisotopic (exact) mass is 687 g/mol. The number of nitrogens with two attached hydrogens (primary N) is 1. The van der Waals surface area contributed by atoms with Gasteiger partial charge >= 0.3 is 0 Å². The van der Waals surface area contributed by atoms with Gasteiger partial charge in [0.25, 0.3) is 5.91 Å². The van der Waals surface area contributed by atoms with E-state index >= 15 is 0 Å². The number of benzene rings is 2. The quantitative estimate of drug-likeness (QED) is 0.209. The van der Waals surface area contributed by atoms with Gasteiger partial charge in [0.05, 0.1) is 11.7 Å². The molecule has 0 unspecified atom stereocenters. The number of amides is 4. The molecule has 0 spiro atoms. The van der Waals surface area contributed by atoms with E-state index in [4.69, 9.17) is 5.73 Å². The standard InChI is InChI=1S/C38H53N7O5/c1-37(2,50)32-23-40-43-45(32)29-21-31(35(48)42-38(22-33(39)46)17-9-4-10-18-38)44(24-29)36(49)30(19-25-11-5-3-6-12-25)41-34(47)28-16-15-26-13-7-8-14-27(26)20-28/h7-8,13-16,20,23,25,29-31,40,43,50H,3-6,9-12,17-19,21-22,24H2,1-2H3,(H2,39,46)(H,41,47)(H,42,48)/t29-,30+,31-/m0/s1. The summed E-state index contributed by atoms with van der Waals surface area (Å²) in [5.41, 5.74) is 10.8. The number of fused-ring (bicyclic) bond motifs is 1. The fourth-order valence-electron chi connectivity index (χ4n) is 8.55. The molecule has 12 nitrogen and oxygen atoms in total. The SMILES string of the molecule is CC(C)(O)C1=CNNN1[C@H]1C[C@@H](C(=O)NC2(CC(N)=O)CCCCC2)N(C(=O)[C@@H](CC2CCCCC2)NC(=O)c2ccc3ccccc3c2)C1. The van der Waals surface area contributed by atoms with Gasteiger partial charge in [-0.1, -0.05) is 81.7 Å². The Bertz CT molecular complexity index is 1610. The van der Waals surface area contributed by atoms with Gasteiger partial charge in [-0.15, -0.1) is 5.53 Å². The molecule has 6 rings (SSSR count). The van der Waals surface area contributed by atoms with E-state index in [1.807, 2.05) is 36.4 Å². The Morgan fingerprint density at radius 1 is 1.00 bits per heavy atom. The van der Waals surface area contributed by atoms with Gasteiger partial charge in [0, 0.05) is 36.7 Å². The van der Waals surface area contributed by atoms with Crippen LogP contribution in [0, 0.1) is 5.92 Å². The van der Waals surface area contributed by atoms with Crippen molar-refractivity contribution in [2.45, 2.75) is 127 Å². The van der Waals surface area contributed by atoms with E-state index in [1.165, 1.54) is 0 Å². The molecule has 0 bridgehead atoms. The Morgan fingerprint density at radius 3 is 2.40 bits per heavy atom. The van der Waals surface area contributed by atoms with Crippen LogP contribution in [0.2, 0.25) is 0 Å². The molecule has 50 heavy (non-hydrogen) atoms. The lowest BCUT2D eigenvalue weighted by Crippen LogP contribution is -2.59. The normalized spacial score (nSPS) is 23.2. The number of hydrogen-bond donors (Lipinski definition) is 6. The summed E-state index contributed by atoms with van der Waals surface area (Å²) in [5, 5.41) is 21.0. The van der Waals surface area contributed by atoms with Crippen LogP contribution in [-0.2, 0) is 14.4 Å². The maximum absolute atomic E-state index is 14.8. The molecule has 4 aliphatic rings. The summed E-state index contributed by atoms with van der Waals surface area (Å²) < 4.78 is 0. The van der Waals surface area contributed by atoms with Crippen LogP contribution >= 0.6 is 0 Å². The molecule has 3 atom stereocenters. The zero-order valence-corrected chi connectivity index (χ0v) is 29.4. The first-order valence-corrected chi connectivity index (χ1v) is 18.4. The number of rotatable bonds is 11. The highest BCUT2D eigenvalue weighted by atomic mass is 16.3. The van der Waals surface area contributed by atoms with Gasteiger partial charge in [0.1, 0.15) is 17.7 Å². The third-order valence-corrected chi connectivity index (χ3v) is 11.1. The summed E-state index contributed by atoms with van der Waals surface area (Å²) in [7, 11) is 0. The summed E-state index contributed by atoms with van der Waals surface area (Å²) in [6.45, 7) is 3.55. The average Bonchev–Trinajstić information content (AvgIpc) is 3.77. The number of nitrogens with zero attached hydrogens (tertiary/aromatic N) is 2. The summed E-state index contributed by atoms with van der Waals surface area (Å²) in [6.07, 6.45) is 11.8. The Morgan fingerprint density at radius 2 is 1.70 bits per heavy atom. The van der Waals surface area contributed by atoms with Gasteiger partial charge in [-0.3, -0.25) is 24.2 Å². The zero-order chi connectivity index (χ0) is 35.5. The lowest BCUT2D eigenvalue weighted by Gasteiger charge is -2.39. The molecule has 2 saturated carbocycles. The van der Waals surface area contributed by atoms with Crippen molar-refractivity contribution in [3.05, 3.63) is 59.9 Å². The zero-order valence-electron chi connectivity index (χ0n) is 29.4. The van der Waals surface area contributed by atoms with Gasteiger partial charge in [0.15, 0.2) is 0 Å². The van der Waals surface area contributed by atoms with Crippen LogP contribution in [-0.4, -0.2) is 74.5 Å². The first-order valence-electron chi connectivity index (χ1n) is 18.4. The maximum atomic E-state index is 14.8. The second-order valence-corrected chi connectivity index (χ2v) is 15.4. The molecule has 2 aliphatic heterocycles. The second kappa shape index (κ2) is 15.0. The van der Waals surface area contributed by atoms with Crippen molar-refractivity contribution in [1.82, 2.24) is 31.5 Å². The molecule has 4 amide bonds. The third kappa shape index (κ3) is 8.07. The molecule has 12 heteroatoms. The summed E-state index contributed by atoms with van der Waals surface area (Å²) in [5.74, 6) is -1.17. The topological polar surface area (TPSA) is 169 Å². The molecule has 2 heterocycles. The molecule has 2 aromatic rings. The smallest absolute Gasteiger partial charge is 0.251 e. The first-order chi connectivity index (χ1) is 23.9. The van der Waals surface area contributed by atoms with Crippen molar-refractivity contribution in [2.75, 3.05) is 6.54 Å². The largest absolute Gasteiger partial charge is 0.384 e. The van der Waals surface area contributed by atoms with E-state index < -0.39 is 29.1 Å². The van der Waals surface area contributed by atoms with Gasteiger partial charge < -0.3 is 31.8 Å². The van der Waals surface area contributed by atoms with E-state index in [-0.39, 0.29) is 49.1 Å². The summed E-state index contributed by atoms with van der Waals surface area (Å²) in [6, 6.07) is 11.3. The molecule has 2 aromatic carbocycles. The number of hydrazine groups is 2. The van der Waals surface area contributed by atoms with Crippen molar-refractivity contribution < 1.29 is 24.3 Å². The van der Waals surface area contributed by atoms with Gasteiger partial charge in [-0.2, -0.15) is 0 Å². The van der Waals surface area contributed by atoms with Crippen LogP contribution in [0.1, 0.15) is 108 Å². The highest BCUT2D eigenvalue weighted by Crippen LogP contribution is 2.35. The predicted octanol–water partition coefficient (Wildman–Crippen LogP) is 3.51. The number of aliphatic hydroxyl groups is 1. The van der Waals surface area contributed by atoms with Gasteiger partial charge in [-0.05, 0) is 61.9 Å². The molecular weight excluding hydrogens is 634 g/mol. The van der Waals surface area contributed by atoms with E-state index in [0.717, 1.165) is 62.1 Å². The van der Waals surface area contributed by atoms with Crippen LogP contribution in [0.15, 0.2) is 54.4 Å². The van der Waals surface area contributed by atoms with Crippen LogP contribution in [0.3, 0.4) is 0 Å². The van der Waals surface area contributed by atoms with Crippen LogP contribution < -0.4 is 27.3 Å². The van der Waals surface area contributed by atoms with Crippen molar-refractivity contribution in [3.63, 3.8) is 0 Å². The molecule has 1 saturated heterocycles. The minimum absolute atomic E-state index is 0.0398. The second-order valence-electron chi connectivity index (χ2n) is 15.4. The van der Waals surface area contributed by atoms with Crippen LogP contribution in [0.25, 0.3) is 10.8 Å². The maximum Gasteiger partial charge on any atom is 0.251 e. The van der Waals surface area contributed by atoms with Crippen molar-refractivity contribution in [1.29, 1.82) is 0 Å². The Labute approximate surface area is 294 Å². The molecule has 3 fully saturated rings. The third-order valence-electron chi connectivity index (χ3n) is 11.1. The molecular formula is C38H53N7O5. The number of hydrogen-bond acceptors (Lipinski definition) is 8. The van der Waals surface area contributed by atoms with E-state index in [9.17, 15) is 24.3 Å². The first kappa shape index (κ1) is 35.7. The van der Waals surface area contributed by atoms with Crippen molar-refractivity contribution >= 4 is 34.4 Å². The molecule has 2 aliphatic carbocycles. The van der Waals surface area contributed by atoms with Crippen molar-refractivity contribution in [3.8, 4) is 0 Å². The molecule has 7 N–H and O–H groups in total.